The lowest BCUT2D eigenvalue weighted by Crippen LogP contribution is -2.06. The minimum atomic E-state index is -0.280. The molecule has 0 unspecified atom stereocenters. The van der Waals surface area contributed by atoms with Gasteiger partial charge in [-0.05, 0) is 13.0 Å². The molecule has 1 aromatic rings. The molecule has 0 atom stereocenters. The molecule has 0 radical (unpaired) electrons. The number of esters is 1. The van der Waals surface area contributed by atoms with Crippen molar-refractivity contribution in [2.45, 2.75) is 11.9 Å². The average Bonchev–Trinajstić information content (AvgIpc) is 2.17. The molecule has 4 nitrogen and oxygen atoms in total. The third-order valence-corrected chi connectivity index (χ3v) is 2.84. The van der Waals surface area contributed by atoms with E-state index in [1.165, 1.54) is 18.0 Å². The van der Waals surface area contributed by atoms with Gasteiger partial charge in [-0.3, -0.25) is 4.79 Å². The maximum atomic E-state index is 11.1. The highest BCUT2D eigenvalue weighted by atomic mass is 35.5. The Balaban J connectivity index is 2.54. The topological polar surface area (TPSA) is 65.2 Å². The standard InChI is InChI=1S/C9H11ClN2O2S/c1-2-14-8(13)5-15-9-7(10)3-6(11)4-12-9/h3-4H,2,5,11H2,1H3. The summed E-state index contributed by atoms with van der Waals surface area (Å²) < 4.78 is 4.77. The van der Waals surface area contributed by atoms with Gasteiger partial charge in [0.2, 0.25) is 0 Å². The fourth-order valence-electron chi connectivity index (χ4n) is 0.876. The summed E-state index contributed by atoms with van der Waals surface area (Å²) in [5, 5.41) is 1.03. The molecule has 82 valence electrons. The van der Waals surface area contributed by atoms with E-state index in [0.29, 0.717) is 22.3 Å². The van der Waals surface area contributed by atoms with Crippen molar-refractivity contribution < 1.29 is 9.53 Å². The van der Waals surface area contributed by atoms with E-state index in [-0.39, 0.29) is 11.7 Å². The number of anilines is 1. The summed E-state index contributed by atoms with van der Waals surface area (Å²) in [6.07, 6.45) is 1.50. The zero-order chi connectivity index (χ0) is 11.3. The monoisotopic (exact) mass is 246 g/mol. The molecule has 0 saturated carbocycles. The Morgan fingerprint density at radius 1 is 1.73 bits per heavy atom. The lowest BCUT2D eigenvalue weighted by molar-refractivity contribution is -0.139. The minimum Gasteiger partial charge on any atom is -0.465 e. The van der Waals surface area contributed by atoms with E-state index in [2.05, 4.69) is 4.98 Å². The predicted molar refractivity (Wildman–Crippen MR) is 61.0 cm³/mol. The number of ether oxygens (including phenoxy) is 1. The van der Waals surface area contributed by atoms with Crippen LogP contribution in [0.5, 0.6) is 0 Å². The van der Waals surface area contributed by atoms with Crippen LogP contribution in [0, 0.1) is 0 Å². The molecule has 6 heteroatoms. The molecule has 1 heterocycles. The van der Waals surface area contributed by atoms with Crippen LogP contribution in [0.1, 0.15) is 6.92 Å². The number of carbonyl (C=O) groups is 1. The Kier molecular flexibility index (Phi) is 4.71. The molecule has 0 aliphatic rings. The van der Waals surface area contributed by atoms with Crippen molar-refractivity contribution in [1.29, 1.82) is 0 Å². The first kappa shape index (κ1) is 12.1. The average molecular weight is 247 g/mol. The lowest BCUT2D eigenvalue weighted by Gasteiger charge is -2.03. The Hall–Kier alpha value is -0.940. The van der Waals surface area contributed by atoms with Crippen LogP contribution in [0.3, 0.4) is 0 Å². The van der Waals surface area contributed by atoms with Gasteiger partial charge >= 0.3 is 5.97 Å². The van der Waals surface area contributed by atoms with Crippen molar-refractivity contribution in [3.8, 4) is 0 Å². The van der Waals surface area contributed by atoms with Crippen molar-refractivity contribution >= 4 is 35.0 Å². The van der Waals surface area contributed by atoms with E-state index in [1.54, 1.807) is 13.0 Å². The molecule has 1 rings (SSSR count). The van der Waals surface area contributed by atoms with Gasteiger partial charge in [0.05, 0.1) is 29.3 Å². The van der Waals surface area contributed by atoms with Gasteiger partial charge in [-0.2, -0.15) is 0 Å². The quantitative estimate of drug-likeness (QED) is 0.650. The molecule has 0 aromatic carbocycles. The summed E-state index contributed by atoms with van der Waals surface area (Å²) in [6, 6.07) is 1.60. The van der Waals surface area contributed by atoms with Crippen LogP contribution < -0.4 is 5.73 Å². The van der Waals surface area contributed by atoms with E-state index < -0.39 is 0 Å². The first-order chi connectivity index (χ1) is 7.13. The number of nitrogens with two attached hydrogens (primary N) is 1. The maximum absolute atomic E-state index is 11.1. The molecule has 0 aliphatic carbocycles. The van der Waals surface area contributed by atoms with Crippen LogP contribution in [-0.4, -0.2) is 23.3 Å². The number of nitrogen functional groups attached to an aromatic ring is 1. The summed E-state index contributed by atoms with van der Waals surface area (Å²) in [4.78, 5) is 15.1. The second kappa shape index (κ2) is 5.82. The molecule has 0 saturated heterocycles. The number of hydrogen-bond acceptors (Lipinski definition) is 5. The van der Waals surface area contributed by atoms with Crippen molar-refractivity contribution in [3.63, 3.8) is 0 Å². The van der Waals surface area contributed by atoms with Crippen LogP contribution in [0.2, 0.25) is 5.02 Å². The van der Waals surface area contributed by atoms with Gasteiger partial charge in [0, 0.05) is 0 Å². The van der Waals surface area contributed by atoms with E-state index in [9.17, 15) is 4.79 Å². The summed E-state index contributed by atoms with van der Waals surface area (Å²) in [5.41, 5.74) is 5.98. The number of hydrogen-bond donors (Lipinski definition) is 1. The van der Waals surface area contributed by atoms with Crippen LogP contribution >= 0.6 is 23.4 Å². The Bertz CT molecular complexity index is 360. The van der Waals surface area contributed by atoms with Gasteiger partial charge in [-0.15, -0.1) is 0 Å². The number of thioether (sulfide) groups is 1. The molecule has 15 heavy (non-hydrogen) atoms. The van der Waals surface area contributed by atoms with E-state index >= 15 is 0 Å². The Morgan fingerprint density at radius 2 is 2.47 bits per heavy atom. The first-order valence-electron chi connectivity index (χ1n) is 4.33. The van der Waals surface area contributed by atoms with Crippen molar-refractivity contribution in [2.24, 2.45) is 0 Å². The van der Waals surface area contributed by atoms with Gasteiger partial charge in [0.1, 0.15) is 5.03 Å². The second-order valence-electron chi connectivity index (χ2n) is 2.65. The molecule has 0 spiro atoms. The number of pyridine rings is 1. The minimum absolute atomic E-state index is 0.199. The number of rotatable bonds is 4. The molecular formula is C9H11ClN2O2S. The van der Waals surface area contributed by atoms with Gasteiger partial charge in [-0.1, -0.05) is 23.4 Å². The molecule has 0 fully saturated rings. The predicted octanol–water partition coefficient (Wildman–Crippen LogP) is 1.97. The number of aromatic nitrogens is 1. The number of nitrogens with zero attached hydrogens (tertiary/aromatic N) is 1. The summed E-state index contributed by atoms with van der Waals surface area (Å²) >= 11 is 7.11. The van der Waals surface area contributed by atoms with Crippen molar-refractivity contribution in [1.82, 2.24) is 4.98 Å². The zero-order valence-electron chi connectivity index (χ0n) is 8.20. The first-order valence-corrected chi connectivity index (χ1v) is 5.69. The third-order valence-electron chi connectivity index (χ3n) is 1.46. The zero-order valence-corrected chi connectivity index (χ0v) is 9.77. The molecule has 0 aliphatic heterocycles. The summed E-state index contributed by atoms with van der Waals surface area (Å²) in [6.45, 7) is 2.14. The highest BCUT2D eigenvalue weighted by Crippen LogP contribution is 2.26. The fraction of sp³-hybridized carbons (Fsp3) is 0.333. The Morgan fingerprint density at radius 3 is 3.07 bits per heavy atom. The maximum Gasteiger partial charge on any atom is 0.316 e. The van der Waals surface area contributed by atoms with Crippen molar-refractivity contribution in [2.75, 3.05) is 18.1 Å². The summed E-state index contributed by atoms with van der Waals surface area (Å²) in [5.74, 6) is -0.0815. The van der Waals surface area contributed by atoms with Gasteiger partial charge < -0.3 is 10.5 Å². The van der Waals surface area contributed by atoms with Gasteiger partial charge in [-0.25, -0.2) is 4.98 Å². The van der Waals surface area contributed by atoms with Gasteiger partial charge in [0.15, 0.2) is 0 Å². The second-order valence-corrected chi connectivity index (χ2v) is 4.02. The van der Waals surface area contributed by atoms with Crippen LogP contribution in [-0.2, 0) is 9.53 Å². The molecule has 0 amide bonds. The fourth-order valence-corrected chi connectivity index (χ4v) is 1.88. The third kappa shape index (κ3) is 3.97. The van der Waals surface area contributed by atoms with Gasteiger partial charge in [0.25, 0.3) is 0 Å². The Labute approximate surface area is 97.2 Å². The highest BCUT2D eigenvalue weighted by molar-refractivity contribution is 8.00. The lowest BCUT2D eigenvalue weighted by atomic mass is 10.4. The van der Waals surface area contributed by atoms with Crippen LogP contribution in [0.25, 0.3) is 0 Å². The molecule has 2 N–H and O–H groups in total. The van der Waals surface area contributed by atoms with Crippen LogP contribution in [0.4, 0.5) is 5.69 Å². The van der Waals surface area contributed by atoms with E-state index in [0.717, 1.165) is 0 Å². The largest absolute Gasteiger partial charge is 0.465 e. The van der Waals surface area contributed by atoms with Crippen molar-refractivity contribution in [3.05, 3.63) is 17.3 Å². The molecular weight excluding hydrogens is 236 g/mol. The number of carbonyl (C=O) groups excluding carboxylic acids is 1. The van der Waals surface area contributed by atoms with E-state index in [1.807, 2.05) is 0 Å². The highest BCUT2D eigenvalue weighted by Gasteiger charge is 2.07. The molecule has 1 aromatic heterocycles. The van der Waals surface area contributed by atoms with E-state index in [4.69, 9.17) is 22.1 Å². The number of halogens is 1. The SMILES string of the molecule is CCOC(=O)CSc1ncc(N)cc1Cl. The normalized spacial score (nSPS) is 10.0. The smallest absolute Gasteiger partial charge is 0.316 e. The molecule has 0 bridgehead atoms. The van der Waals surface area contributed by atoms with Crippen LogP contribution in [0.15, 0.2) is 17.3 Å². The summed E-state index contributed by atoms with van der Waals surface area (Å²) in [7, 11) is 0.